The molecule has 1 heterocycles. The summed E-state index contributed by atoms with van der Waals surface area (Å²) in [6.07, 6.45) is 1.11. The molecular formula is C16H21NO3. The quantitative estimate of drug-likeness (QED) is 0.909. The maximum atomic E-state index is 10.0. The number of hydrogen-bond acceptors (Lipinski definition) is 4. The second kappa shape index (κ2) is 6.01. The van der Waals surface area contributed by atoms with Crippen LogP contribution in [0, 0.1) is 6.92 Å². The molecule has 0 fully saturated rings. The Hall–Kier alpha value is -1.94. The van der Waals surface area contributed by atoms with E-state index < -0.39 is 6.10 Å². The molecule has 0 bridgehead atoms. The van der Waals surface area contributed by atoms with E-state index in [-0.39, 0.29) is 0 Å². The lowest BCUT2D eigenvalue weighted by Gasteiger charge is -2.25. The highest BCUT2D eigenvalue weighted by atomic mass is 16.5. The van der Waals surface area contributed by atoms with Gasteiger partial charge in [-0.3, -0.25) is 0 Å². The fraction of sp³-hybridized carbons (Fsp3) is 0.375. The van der Waals surface area contributed by atoms with Crippen LogP contribution in [-0.4, -0.2) is 19.3 Å². The summed E-state index contributed by atoms with van der Waals surface area (Å²) in [6.45, 7) is 4.41. The molecule has 0 spiro atoms. The Bertz CT molecular complexity index is 575. The Kier molecular flexibility index (Phi) is 4.35. The average Bonchev–Trinajstić information content (AvgIpc) is 2.83. The fourth-order valence-corrected chi connectivity index (χ4v) is 2.38. The normalized spacial score (nSPS) is 12.2. The molecule has 0 aliphatic carbocycles. The van der Waals surface area contributed by atoms with Crippen molar-refractivity contribution in [2.75, 3.05) is 19.1 Å². The maximum absolute atomic E-state index is 10.0. The van der Waals surface area contributed by atoms with Gasteiger partial charge in [0.1, 0.15) is 11.5 Å². The van der Waals surface area contributed by atoms with Crippen LogP contribution in [0.15, 0.2) is 34.9 Å². The van der Waals surface area contributed by atoms with Gasteiger partial charge in [0, 0.05) is 30.4 Å². The highest BCUT2D eigenvalue weighted by molar-refractivity contribution is 5.60. The number of furan rings is 1. The average molecular weight is 275 g/mol. The molecule has 0 aliphatic rings. The number of rotatable bonds is 5. The van der Waals surface area contributed by atoms with E-state index in [0.29, 0.717) is 5.75 Å². The lowest BCUT2D eigenvalue weighted by atomic mass is 10.1. The summed E-state index contributed by atoms with van der Waals surface area (Å²) in [6, 6.07) is 7.75. The lowest BCUT2D eigenvalue weighted by Crippen LogP contribution is -2.19. The first kappa shape index (κ1) is 14.5. The Balaban J connectivity index is 2.34. The zero-order valence-corrected chi connectivity index (χ0v) is 12.4. The molecule has 0 radical (unpaired) electrons. The van der Waals surface area contributed by atoms with Gasteiger partial charge in [0.2, 0.25) is 0 Å². The Morgan fingerprint density at radius 3 is 2.65 bits per heavy atom. The van der Waals surface area contributed by atoms with Crippen molar-refractivity contribution in [3.8, 4) is 5.75 Å². The number of aliphatic hydroxyl groups excluding tert-OH is 1. The number of aryl methyl sites for hydroxylation is 1. The van der Waals surface area contributed by atoms with Crippen LogP contribution in [0.3, 0.4) is 0 Å². The summed E-state index contributed by atoms with van der Waals surface area (Å²) in [7, 11) is 3.61. The van der Waals surface area contributed by atoms with Crippen molar-refractivity contribution >= 4 is 5.69 Å². The smallest absolute Gasteiger partial charge is 0.126 e. The minimum Gasteiger partial charge on any atom is -0.496 e. The van der Waals surface area contributed by atoms with Gasteiger partial charge in [-0.15, -0.1) is 0 Å². The van der Waals surface area contributed by atoms with E-state index in [4.69, 9.17) is 9.15 Å². The third-order valence-corrected chi connectivity index (χ3v) is 3.47. The first-order valence-corrected chi connectivity index (χ1v) is 6.63. The van der Waals surface area contributed by atoms with Gasteiger partial charge in [-0.05, 0) is 32.0 Å². The van der Waals surface area contributed by atoms with E-state index in [1.165, 1.54) is 0 Å². The van der Waals surface area contributed by atoms with Gasteiger partial charge in [-0.25, -0.2) is 0 Å². The van der Waals surface area contributed by atoms with Gasteiger partial charge in [0.25, 0.3) is 0 Å². The molecule has 1 aromatic carbocycles. The molecule has 1 unspecified atom stereocenters. The molecule has 1 N–H and O–H groups in total. The molecule has 4 nitrogen and oxygen atoms in total. The van der Waals surface area contributed by atoms with Gasteiger partial charge in [0.15, 0.2) is 0 Å². The van der Waals surface area contributed by atoms with E-state index in [1.54, 1.807) is 20.3 Å². The van der Waals surface area contributed by atoms with E-state index >= 15 is 0 Å². The molecule has 0 amide bonds. The molecule has 0 aliphatic heterocycles. The second-order valence-electron chi connectivity index (χ2n) is 4.93. The van der Waals surface area contributed by atoms with Crippen molar-refractivity contribution < 1.29 is 14.3 Å². The van der Waals surface area contributed by atoms with Crippen molar-refractivity contribution in [1.82, 2.24) is 0 Å². The summed E-state index contributed by atoms with van der Waals surface area (Å²) in [5.41, 5.74) is 2.89. The SMILES string of the molecule is COc1cccc(N(C)Cc2ccoc2C)c1C(C)O. The van der Waals surface area contributed by atoms with Gasteiger partial charge >= 0.3 is 0 Å². The van der Waals surface area contributed by atoms with Crippen LogP contribution in [0.25, 0.3) is 0 Å². The van der Waals surface area contributed by atoms with Crippen molar-refractivity contribution in [3.05, 3.63) is 47.4 Å². The zero-order valence-electron chi connectivity index (χ0n) is 12.4. The number of methoxy groups -OCH3 is 1. The van der Waals surface area contributed by atoms with Gasteiger partial charge in [-0.1, -0.05) is 6.07 Å². The van der Waals surface area contributed by atoms with E-state index in [0.717, 1.165) is 29.1 Å². The van der Waals surface area contributed by atoms with Crippen molar-refractivity contribution in [2.24, 2.45) is 0 Å². The minimum atomic E-state index is -0.589. The molecule has 0 saturated carbocycles. The number of nitrogens with zero attached hydrogens (tertiary/aromatic N) is 1. The first-order chi connectivity index (χ1) is 9.54. The minimum absolute atomic E-state index is 0.589. The number of anilines is 1. The lowest BCUT2D eigenvalue weighted by molar-refractivity contribution is 0.194. The van der Waals surface area contributed by atoms with E-state index in [9.17, 15) is 5.11 Å². The van der Waals surface area contributed by atoms with Crippen molar-refractivity contribution in [1.29, 1.82) is 0 Å². The predicted octanol–water partition coefficient (Wildman–Crippen LogP) is 3.29. The highest BCUT2D eigenvalue weighted by Gasteiger charge is 2.17. The Morgan fingerprint density at radius 2 is 2.10 bits per heavy atom. The monoisotopic (exact) mass is 275 g/mol. The van der Waals surface area contributed by atoms with Gasteiger partial charge < -0.3 is 19.2 Å². The molecular weight excluding hydrogens is 254 g/mol. The van der Waals surface area contributed by atoms with Crippen molar-refractivity contribution in [2.45, 2.75) is 26.5 Å². The molecule has 2 rings (SSSR count). The predicted molar refractivity (Wildman–Crippen MR) is 79.2 cm³/mol. The Morgan fingerprint density at radius 1 is 1.35 bits per heavy atom. The van der Waals surface area contributed by atoms with Crippen LogP contribution >= 0.6 is 0 Å². The largest absolute Gasteiger partial charge is 0.496 e. The van der Waals surface area contributed by atoms with E-state index in [1.807, 2.05) is 38.2 Å². The van der Waals surface area contributed by atoms with Crippen LogP contribution in [0.5, 0.6) is 5.75 Å². The topological polar surface area (TPSA) is 45.8 Å². The number of hydrogen-bond donors (Lipinski definition) is 1. The van der Waals surface area contributed by atoms with Crippen molar-refractivity contribution in [3.63, 3.8) is 0 Å². The summed E-state index contributed by atoms with van der Waals surface area (Å²) in [5, 5.41) is 10.0. The molecule has 0 saturated heterocycles. The molecule has 2 aromatic rings. The number of ether oxygens (including phenoxy) is 1. The number of benzene rings is 1. The van der Waals surface area contributed by atoms with E-state index in [2.05, 4.69) is 4.90 Å². The molecule has 108 valence electrons. The number of aliphatic hydroxyl groups is 1. The maximum Gasteiger partial charge on any atom is 0.126 e. The molecule has 20 heavy (non-hydrogen) atoms. The Labute approximate surface area is 119 Å². The zero-order chi connectivity index (χ0) is 14.7. The molecule has 1 aromatic heterocycles. The van der Waals surface area contributed by atoms with Crippen LogP contribution < -0.4 is 9.64 Å². The summed E-state index contributed by atoms with van der Waals surface area (Å²) in [4.78, 5) is 2.09. The van der Waals surface area contributed by atoms with Crippen LogP contribution in [0.4, 0.5) is 5.69 Å². The van der Waals surface area contributed by atoms with Crippen LogP contribution in [0.1, 0.15) is 29.9 Å². The second-order valence-corrected chi connectivity index (χ2v) is 4.93. The summed E-state index contributed by atoms with van der Waals surface area (Å²) < 4.78 is 10.7. The highest BCUT2D eigenvalue weighted by Crippen LogP contribution is 2.34. The van der Waals surface area contributed by atoms with Gasteiger partial charge in [-0.2, -0.15) is 0 Å². The standard InChI is InChI=1S/C16H21NO3/c1-11(18)16-14(6-5-7-15(16)19-4)17(3)10-13-8-9-20-12(13)2/h5-9,11,18H,10H2,1-4H3. The fourth-order valence-electron chi connectivity index (χ4n) is 2.38. The van der Waals surface area contributed by atoms with Gasteiger partial charge in [0.05, 0.1) is 19.5 Å². The van der Waals surface area contributed by atoms with Crippen LogP contribution in [0.2, 0.25) is 0 Å². The molecule has 1 atom stereocenters. The first-order valence-electron chi connectivity index (χ1n) is 6.63. The van der Waals surface area contributed by atoms with Crippen LogP contribution in [-0.2, 0) is 6.54 Å². The summed E-state index contributed by atoms with van der Waals surface area (Å²) in [5.74, 6) is 1.62. The summed E-state index contributed by atoms with van der Waals surface area (Å²) >= 11 is 0. The third-order valence-electron chi connectivity index (χ3n) is 3.47. The molecule has 4 heteroatoms. The third kappa shape index (κ3) is 2.80.